The summed E-state index contributed by atoms with van der Waals surface area (Å²) in [6.07, 6.45) is 0. The topological polar surface area (TPSA) is 66.7 Å². The number of rotatable bonds is 4. The van der Waals surface area contributed by atoms with E-state index in [9.17, 15) is 8.42 Å². The second kappa shape index (κ2) is 6.52. The van der Waals surface area contributed by atoms with Crippen LogP contribution in [0.4, 0.5) is 0 Å². The van der Waals surface area contributed by atoms with Gasteiger partial charge in [0.1, 0.15) is 10.6 Å². The minimum atomic E-state index is -3.54. The van der Waals surface area contributed by atoms with Gasteiger partial charge in [0, 0.05) is 37.6 Å². The Kier molecular flexibility index (Phi) is 4.80. The lowest BCUT2D eigenvalue weighted by Gasteiger charge is -2.33. The van der Waals surface area contributed by atoms with Crippen molar-refractivity contribution in [2.75, 3.05) is 26.2 Å². The van der Waals surface area contributed by atoms with Gasteiger partial charge in [-0.2, -0.15) is 4.31 Å². The van der Waals surface area contributed by atoms with Gasteiger partial charge in [0.25, 0.3) is 0 Å². The monoisotopic (exact) mass is 375 g/mol. The minimum absolute atomic E-state index is 0.205. The number of aryl methyl sites for hydroxylation is 2. The second-order valence-electron chi connectivity index (χ2n) is 5.54. The zero-order chi connectivity index (χ0) is 16.6. The van der Waals surface area contributed by atoms with Crippen LogP contribution in [0, 0.1) is 13.8 Å². The first-order chi connectivity index (χ1) is 10.9. The number of sulfonamides is 1. The van der Waals surface area contributed by atoms with Crippen LogP contribution in [0.1, 0.15) is 16.3 Å². The van der Waals surface area contributed by atoms with Gasteiger partial charge in [-0.15, -0.1) is 11.3 Å². The Hall–Kier alpha value is -0.930. The molecular formula is C14H18ClN3O3S2. The van der Waals surface area contributed by atoms with Gasteiger partial charge in [0.2, 0.25) is 10.0 Å². The molecule has 0 aliphatic carbocycles. The maximum Gasteiger partial charge on any atom is 0.248 e. The number of aromatic nitrogens is 1. The summed E-state index contributed by atoms with van der Waals surface area (Å²) in [7, 11) is -3.54. The fourth-order valence-electron chi connectivity index (χ4n) is 2.76. The Morgan fingerprint density at radius 3 is 2.48 bits per heavy atom. The molecule has 3 rings (SSSR count). The summed E-state index contributed by atoms with van der Waals surface area (Å²) < 4.78 is 32.8. The van der Waals surface area contributed by atoms with E-state index >= 15 is 0 Å². The average molecular weight is 376 g/mol. The molecule has 0 radical (unpaired) electrons. The predicted octanol–water partition coefficient (Wildman–Crippen LogP) is 2.51. The van der Waals surface area contributed by atoms with Gasteiger partial charge in [-0.1, -0.05) is 16.8 Å². The molecule has 0 bridgehead atoms. The molecule has 126 valence electrons. The minimum Gasteiger partial charge on any atom is -0.360 e. The zero-order valence-corrected chi connectivity index (χ0v) is 15.3. The molecule has 23 heavy (non-hydrogen) atoms. The van der Waals surface area contributed by atoms with Crippen molar-refractivity contribution >= 4 is 33.0 Å². The van der Waals surface area contributed by atoms with E-state index in [0.717, 1.165) is 10.9 Å². The second-order valence-corrected chi connectivity index (χ2v) is 9.21. The largest absolute Gasteiger partial charge is 0.360 e. The summed E-state index contributed by atoms with van der Waals surface area (Å²) in [6, 6.07) is 3.90. The van der Waals surface area contributed by atoms with Crippen molar-refractivity contribution in [1.29, 1.82) is 0 Å². The molecule has 0 atom stereocenters. The summed E-state index contributed by atoms with van der Waals surface area (Å²) in [6.45, 7) is 6.40. The van der Waals surface area contributed by atoms with Crippen LogP contribution in [0.3, 0.4) is 0 Å². The van der Waals surface area contributed by atoms with Crippen molar-refractivity contribution < 1.29 is 12.9 Å². The summed E-state index contributed by atoms with van der Waals surface area (Å²) in [5.41, 5.74) is 0.415. The lowest BCUT2D eigenvalue weighted by Crippen LogP contribution is -2.48. The molecule has 2 aromatic heterocycles. The molecule has 3 heterocycles. The number of thiophene rings is 1. The maximum atomic E-state index is 12.8. The Bertz CT molecular complexity index is 773. The molecule has 0 saturated carbocycles. The van der Waals surface area contributed by atoms with Gasteiger partial charge < -0.3 is 4.52 Å². The highest BCUT2D eigenvalue weighted by Crippen LogP contribution is 2.26. The molecule has 9 heteroatoms. The van der Waals surface area contributed by atoms with Crippen molar-refractivity contribution in [3.8, 4) is 0 Å². The van der Waals surface area contributed by atoms with E-state index < -0.39 is 10.0 Å². The molecule has 0 unspecified atom stereocenters. The number of hydrogen-bond donors (Lipinski definition) is 0. The fraction of sp³-hybridized carbons (Fsp3) is 0.500. The Labute approximate surface area is 144 Å². The highest BCUT2D eigenvalue weighted by molar-refractivity contribution is 7.89. The Morgan fingerprint density at radius 2 is 1.96 bits per heavy atom. The standard InChI is InChI=1S/C14H18ClN3O3S2/c1-10-14(11(2)21-16-10)23(19,20)18-7-5-17(6-8-18)9-12-3-4-13(15)22-12/h3-4H,5-9H2,1-2H3. The van der Waals surface area contributed by atoms with Crippen LogP contribution in [0.5, 0.6) is 0 Å². The third kappa shape index (κ3) is 3.46. The molecule has 1 saturated heterocycles. The molecule has 2 aromatic rings. The van der Waals surface area contributed by atoms with Gasteiger partial charge in [-0.25, -0.2) is 8.42 Å². The number of hydrogen-bond acceptors (Lipinski definition) is 6. The van der Waals surface area contributed by atoms with E-state index in [1.54, 1.807) is 25.2 Å². The molecule has 0 amide bonds. The Balaban J connectivity index is 1.66. The first kappa shape index (κ1) is 16.9. The van der Waals surface area contributed by atoms with Crippen LogP contribution < -0.4 is 0 Å². The van der Waals surface area contributed by atoms with E-state index in [1.165, 1.54) is 9.18 Å². The van der Waals surface area contributed by atoms with Crippen LogP contribution in [-0.2, 0) is 16.6 Å². The summed E-state index contributed by atoms with van der Waals surface area (Å²) in [5.74, 6) is 0.346. The quantitative estimate of drug-likeness (QED) is 0.821. The van der Waals surface area contributed by atoms with Gasteiger partial charge >= 0.3 is 0 Å². The first-order valence-electron chi connectivity index (χ1n) is 7.27. The van der Waals surface area contributed by atoms with E-state index in [4.69, 9.17) is 16.1 Å². The lowest BCUT2D eigenvalue weighted by molar-refractivity contribution is 0.183. The van der Waals surface area contributed by atoms with Crippen molar-refractivity contribution in [3.63, 3.8) is 0 Å². The molecule has 1 aliphatic heterocycles. The molecule has 1 fully saturated rings. The molecule has 0 N–H and O–H groups in total. The highest BCUT2D eigenvalue weighted by atomic mass is 35.5. The van der Waals surface area contributed by atoms with Crippen molar-refractivity contribution in [2.24, 2.45) is 0 Å². The molecule has 6 nitrogen and oxygen atoms in total. The number of nitrogens with zero attached hydrogens (tertiary/aromatic N) is 3. The molecule has 0 aromatic carbocycles. The van der Waals surface area contributed by atoms with Crippen molar-refractivity contribution in [3.05, 3.63) is 32.8 Å². The highest BCUT2D eigenvalue weighted by Gasteiger charge is 2.33. The molecule has 1 aliphatic rings. The van der Waals surface area contributed by atoms with Gasteiger partial charge in [0.15, 0.2) is 5.76 Å². The van der Waals surface area contributed by atoms with E-state index in [2.05, 4.69) is 10.1 Å². The maximum absolute atomic E-state index is 12.8. The lowest BCUT2D eigenvalue weighted by atomic mass is 10.3. The normalized spacial score (nSPS) is 17.7. The fourth-order valence-corrected chi connectivity index (χ4v) is 5.60. The van der Waals surface area contributed by atoms with E-state index in [-0.39, 0.29) is 4.90 Å². The predicted molar refractivity (Wildman–Crippen MR) is 89.3 cm³/mol. The SMILES string of the molecule is Cc1noc(C)c1S(=O)(=O)N1CCN(Cc2ccc(Cl)s2)CC1. The van der Waals surface area contributed by atoms with Crippen LogP contribution in [0.2, 0.25) is 4.34 Å². The van der Waals surface area contributed by atoms with Crippen molar-refractivity contribution in [1.82, 2.24) is 14.4 Å². The van der Waals surface area contributed by atoms with Crippen molar-refractivity contribution in [2.45, 2.75) is 25.3 Å². The van der Waals surface area contributed by atoms with E-state index in [0.29, 0.717) is 37.6 Å². The van der Waals surface area contributed by atoms with Crippen LogP contribution >= 0.6 is 22.9 Å². The number of halogens is 1. The zero-order valence-electron chi connectivity index (χ0n) is 13.0. The van der Waals surface area contributed by atoms with Crippen LogP contribution in [0.15, 0.2) is 21.6 Å². The van der Waals surface area contributed by atoms with Gasteiger partial charge in [-0.3, -0.25) is 4.90 Å². The third-order valence-electron chi connectivity index (χ3n) is 3.91. The van der Waals surface area contributed by atoms with Crippen LogP contribution in [-0.4, -0.2) is 49.0 Å². The summed E-state index contributed by atoms with van der Waals surface area (Å²) in [4.78, 5) is 3.63. The van der Waals surface area contributed by atoms with Gasteiger partial charge in [0.05, 0.1) is 4.34 Å². The Morgan fingerprint density at radius 1 is 1.26 bits per heavy atom. The smallest absolute Gasteiger partial charge is 0.248 e. The summed E-state index contributed by atoms with van der Waals surface area (Å²) >= 11 is 7.51. The average Bonchev–Trinajstić information content (AvgIpc) is 3.05. The van der Waals surface area contributed by atoms with Gasteiger partial charge in [-0.05, 0) is 26.0 Å². The molecule has 0 spiro atoms. The number of piperazine rings is 1. The third-order valence-corrected chi connectivity index (χ3v) is 7.26. The molecular weight excluding hydrogens is 358 g/mol. The van der Waals surface area contributed by atoms with Crippen LogP contribution in [0.25, 0.3) is 0 Å². The summed E-state index contributed by atoms with van der Waals surface area (Å²) in [5, 5.41) is 3.75. The van der Waals surface area contributed by atoms with E-state index in [1.807, 2.05) is 12.1 Å². The first-order valence-corrected chi connectivity index (χ1v) is 9.91.